The van der Waals surface area contributed by atoms with Crippen molar-refractivity contribution in [2.75, 3.05) is 119 Å². The van der Waals surface area contributed by atoms with Crippen molar-refractivity contribution in [1.29, 1.82) is 0 Å². The van der Waals surface area contributed by atoms with Crippen LogP contribution in [0.15, 0.2) is 0 Å². The van der Waals surface area contributed by atoms with Gasteiger partial charge in [0.05, 0.1) is 66.1 Å². The van der Waals surface area contributed by atoms with E-state index in [1.807, 2.05) is 13.8 Å². The highest BCUT2D eigenvalue weighted by atomic mass is 16.5. The lowest BCUT2D eigenvalue weighted by molar-refractivity contribution is 0.0106. The third-order valence-corrected chi connectivity index (χ3v) is 7.64. The molecular formula is C29H58N2O6. The summed E-state index contributed by atoms with van der Waals surface area (Å²) in [6.45, 7) is 19.5. The van der Waals surface area contributed by atoms with Crippen molar-refractivity contribution in [2.45, 2.75) is 58.8 Å². The number of piperidine rings is 2. The summed E-state index contributed by atoms with van der Waals surface area (Å²) in [7, 11) is 0. The maximum Gasteiger partial charge on any atom is 0.0701 e. The second-order valence-electron chi connectivity index (χ2n) is 10.3. The molecule has 2 heterocycles. The third-order valence-electron chi connectivity index (χ3n) is 7.64. The Morgan fingerprint density at radius 2 is 0.784 bits per heavy atom. The van der Waals surface area contributed by atoms with Crippen LogP contribution in [-0.4, -0.2) is 128 Å². The summed E-state index contributed by atoms with van der Waals surface area (Å²) in [5.41, 5.74) is 0. The molecule has 0 atom stereocenters. The van der Waals surface area contributed by atoms with Gasteiger partial charge in [0.2, 0.25) is 0 Å². The zero-order valence-corrected chi connectivity index (χ0v) is 24.2. The Bertz CT molecular complexity index is 443. The van der Waals surface area contributed by atoms with Crippen LogP contribution in [0.25, 0.3) is 0 Å². The van der Waals surface area contributed by atoms with Crippen molar-refractivity contribution >= 4 is 0 Å². The van der Waals surface area contributed by atoms with Crippen LogP contribution in [0.4, 0.5) is 0 Å². The first-order valence-corrected chi connectivity index (χ1v) is 15.2. The minimum Gasteiger partial charge on any atom is -0.379 e. The van der Waals surface area contributed by atoms with Crippen LogP contribution in [0.2, 0.25) is 0 Å². The van der Waals surface area contributed by atoms with Crippen molar-refractivity contribution < 1.29 is 28.4 Å². The molecule has 8 nitrogen and oxygen atoms in total. The van der Waals surface area contributed by atoms with Crippen LogP contribution >= 0.6 is 0 Å². The molecule has 37 heavy (non-hydrogen) atoms. The smallest absolute Gasteiger partial charge is 0.0701 e. The molecule has 2 rings (SSSR count). The maximum atomic E-state index is 5.73. The summed E-state index contributed by atoms with van der Waals surface area (Å²) >= 11 is 0. The Morgan fingerprint density at radius 3 is 1.14 bits per heavy atom. The lowest BCUT2D eigenvalue weighted by atomic mass is 9.87. The van der Waals surface area contributed by atoms with Gasteiger partial charge in [0, 0.05) is 26.3 Å². The van der Waals surface area contributed by atoms with E-state index >= 15 is 0 Å². The quantitative estimate of drug-likeness (QED) is 0.175. The van der Waals surface area contributed by atoms with Gasteiger partial charge in [-0.05, 0) is 77.5 Å². The van der Waals surface area contributed by atoms with E-state index in [2.05, 4.69) is 9.80 Å². The van der Waals surface area contributed by atoms with Gasteiger partial charge in [-0.25, -0.2) is 0 Å². The second kappa shape index (κ2) is 23.6. The molecule has 8 heteroatoms. The lowest BCUT2D eigenvalue weighted by Gasteiger charge is -2.33. The van der Waals surface area contributed by atoms with Gasteiger partial charge in [0.25, 0.3) is 0 Å². The third kappa shape index (κ3) is 17.8. The number of hydrogen-bond donors (Lipinski definition) is 0. The van der Waals surface area contributed by atoms with Crippen LogP contribution in [0.3, 0.4) is 0 Å². The normalized spacial score (nSPS) is 18.6. The first-order valence-electron chi connectivity index (χ1n) is 15.2. The predicted molar refractivity (Wildman–Crippen MR) is 148 cm³/mol. The molecule has 0 aromatic heterocycles. The van der Waals surface area contributed by atoms with Crippen LogP contribution < -0.4 is 0 Å². The Kier molecular flexibility index (Phi) is 20.9. The maximum absolute atomic E-state index is 5.73. The molecule has 0 amide bonds. The molecule has 0 aromatic carbocycles. The number of rotatable bonds is 24. The topological polar surface area (TPSA) is 61.9 Å². The zero-order valence-electron chi connectivity index (χ0n) is 24.2. The standard InChI is InChI=1S/C29H58N2O6/c1-3-32-20-22-36-26-24-34-18-16-30-12-8-28(9-13-30)6-5-7-29-10-14-31(15-11-29)17-19-35-25-27-37-23-21-33-4-2/h28-29H,3-27H2,1-2H3. The molecule has 2 saturated heterocycles. The molecule has 0 spiro atoms. The Morgan fingerprint density at radius 1 is 0.459 bits per heavy atom. The largest absolute Gasteiger partial charge is 0.379 e. The molecule has 2 fully saturated rings. The number of likely N-dealkylation sites (tertiary alicyclic amines) is 2. The zero-order chi connectivity index (χ0) is 26.2. The molecule has 0 unspecified atom stereocenters. The predicted octanol–water partition coefficient (Wildman–Crippen LogP) is 3.72. The van der Waals surface area contributed by atoms with Crippen molar-refractivity contribution in [3.05, 3.63) is 0 Å². The van der Waals surface area contributed by atoms with E-state index < -0.39 is 0 Å². The fourth-order valence-corrected chi connectivity index (χ4v) is 5.25. The van der Waals surface area contributed by atoms with Gasteiger partial charge in [0.15, 0.2) is 0 Å². The van der Waals surface area contributed by atoms with Gasteiger partial charge in [0.1, 0.15) is 0 Å². The van der Waals surface area contributed by atoms with Gasteiger partial charge < -0.3 is 38.2 Å². The minimum absolute atomic E-state index is 0.659. The summed E-state index contributed by atoms with van der Waals surface area (Å²) < 4.78 is 33.0. The fraction of sp³-hybridized carbons (Fsp3) is 1.00. The summed E-state index contributed by atoms with van der Waals surface area (Å²) in [5.74, 6) is 1.85. The van der Waals surface area contributed by atoms with E-state index in [9.17, 15) is 0 Å². The van der Waals surface area contributed by atoms with E-state index in [1.165, 1.54) is 71.1 Å². The highest BCUT2D eigenvalue weighted by Crippen LogP contribution is 2.27. The number of nitrogens with zero attached hydrogens (tertiary/aromatic N) is 2. The Hall–Kier alpha value is -0.320. The van der Waals surface area contributed by atoms with Gasteiger partial charge in [-0.1, -0.05) is 19.3 Å². The average Bonchev–Trinajstić information content (AvgIpc) is 2.93. The van der Waals surface area contributed by atoms with E-state index in [0.717, 1.165) is 51.4 Å². The highest BCUT2D eigenvalue weighted by Gasteiger charge is 2.21. The fourth-order valence-electron chi connectivity index (χ4n) is 5.25. The first-order chi connectivity index (χ1) is 18.3. The van der Waals surface area contributed by atoms with Crippen molar-refractivity contribution in [3.63, 3.8) is 0 Å². The molecule has 0 aromatic rings. The number of hydrogen-bond acceptors (Lipinski definition) is 8. The minimum atomic E-state index is 0.659. The van der Waals surface area contributed by atoms with Gasteiger partial charge in [-0.15, -0.1) is 0 Å². The van der Waals surface area contributed by atoms with E-state index in [1.54, 1.807) is 0 Å². The molecule has 220 valence electrons. The van der Waals surface area contributed by atoms with Crippen LogP contribution in [0.1, 0.15) is 58.8 Å². The Labute approximate surface area is 227 Å². The molecule has 0 bridgehead atoms. The van der Waals surface area contributed by atoms with Crippen molar-refractivity contribution in [3.8, 4) is 0 Å². The average molecular weight is 531 g/mol. The first kappa shape index (κ1) is 32.9. The lowest BCUT2D eigenvalue weighted by Crippen LogP contribution is -2.36. The van der Waals surface area contributed by atoms with E-state index in [4.69, 9.17) is 28.4 Å². The molecule has 0 saturated carbocycles. The van der Waals surface area contributed by atoms with Crippen molar-refractivity contribution in [2.24, 2.45) is 11.8 Å². The Balaban J connectivity index is 1.34. The summed E-state index contributed by atoms with van der Waals surface area (Å²) in [5, 5.41) is 0. The molecule has 0 N–H and O–H groups in total. The van der Waals surface area contributed by atoms with Gasteiger partial charge >= 0.3 is 0 Å². The van der Waals surface area contributed by atoms with Crippen LogP contribution in [0, 0.1) is 11.8 Å². The molecule has 2 aliphatic heterocycles. The summed E-state index contributed by atoms with van der Waals surface area (Å²) in [6, 6.07) is 0. The summed E-state index contributed by atoms with van der Waals surface area (Å²) in [4.78, 5) is 5.14. The molecule has 0 aliphatic carbocycles. The van der Waals surface area contributed by atoms with Gasteiger partial charge in [-0.3, -0.25) is 0 Å². The monoisotopic (exact) mass is 530 g/mol. The highest BCUT2D eigenvalue weighted by molar-refractivity contribution is 4.75. The van der Waals surface area contributed by atoms with Crippen LogP contribution in [0.5, 0.6) is 0 Å². The van der Waals surface area contributed by atoms with Crippen LogP contribution in [-0.2, 0) is 28.4 Å². The van der Waals surface area contributed by atoms with Crippen molar-refractivity contribution in [1.82, 2.24) is 9.80 Å². The molecule has 2 aliphatic rings. The SMILES string of the molecule is CCOCCOCCOCCN1CCC(CCCC2CCN(CCOCCOCCOCC)CC2)CC1. The molecule has 0 radical (unpaired) electrons. The second-order valence-corrected chi connectivity index (χ2v) is 10.3. The van der Waals surface area contributed by atoms with E-state index in [0.29, 0.717) is 52.9 Å². The molecular weight excluding hydrogens is 472 g/mol. The number of ether oxygens (including phenoxy) is 6. The van der Waals surface area contributed by atoms with E-state index in [-0.39, 0.29) is 0 Å². The summed E-state index contributed by atoms with van der Waals surface area (Å²) in [6.07, 6.45) is 9.68. The van der Waals surface area contributed by atoms with Gasteiger partial charge in [-0.2, -0.15) is 0 Å².